The highest BCUT2D eigenvalue weighted by Crippen LogP contribution is 2.04. The SMILES string of the molecule is CCCC(CCC)NCCOCCOCCOCCOC1C=CC=C(N)C=C1. The lowest BCUT2D eigenvalue weighted by Gasteiger charge is -2.17. The highest BCUT2D eigenvalue weighted by molar-refractivity contribution is 5.27. The molecule has 162 valence electrons. The van der Waals surface area contributed by atoms with Crippen molar-refractivity contribution >= 4 is 0 Å². The maximum absolute atomic E-state index is 5.72. The first-order valence-corrected chi connectivity index (χ1v) is 10.7. The summed E-state index contributed by atoms with van der Waals surface area (Å²) >= 11 is 0. The van der Waals surface area contributed by atoms with Crippen molar-refractivity contribution in [2.75, 3.05) is 52.8 Å². The molecule has 6 nitrogen and oxygen atoms in total. The number of hydrogen-bond donors (Lipinski definition) is 2. The minimum atomic E-state index is -0.0528. The molecule has 0 saturated heterocycles. The Bertz CT molecular complexity index is 446. The molecule has 0 radical (unpaired) electrons. The van der Waals surface area contributed by atoms with Gasteiger partial charge in [0, 0.05) is 18.3 Å². The van der Waals surface area contributed by atoms with E-state index in [0.717, 1.165) is 18.8 Å². The molecular weight excluding hydrogens is 356 g/mol. The zero-order valence-electron chi connectivity index (χ0n) is 17.7. The monoisotopic (exact) mass is 396 g/mol. The predicted octanol–water partition coefficient (Wildman–Crippen LogP) is 2.95. The fraction of sp³-hybridized carbons (Fsp3) is 0.727. The maximum Gasteiger partial charge on any atom is 0.0945 e. The van der Waals surface area contributed by atoms with Gasteiger partial charge in [-0.3, -0.25) is 0 Å². The molecule has 0 spiro atoms. The molecule has 0 aromatic heterocycles. The van der Waals surface area contributed by atoms with Gasteiger partial charge in [-0.15, -0.1) is 0 Å². The third-order valence-electron chi connectivity index (χ3n) is 4.30. The molecule has 0 aromatic rings. The smallest absolute Gasteiger partial charge is 0.0945 e. The van der Waals surface area contributed by atoms with E-state index in [2.05, 4.69) is 19.2 Å². The highest BCUT2D eigenvalue weighted by Gasteiger charge is 2.05. The molecule has 0 saturated carbocycles. The Kier molecular flexibility index (Phi) is 15.9. The maximum atomic E-state index is 5.72. The predicted molar refractivity (Wildman–Crippen MR) is 114 cm³/mol. The lowest BCUT2D eigenvalue weighted by Crippen LogP contribution is -2.32. The van der Waals surface area contributed by atoms with Gasteiger partial charge in [-0.05, 0) is 31.1 Å². The Balaban J connectivity index is 1.82. The van der Waals surface area contributed by atoms with Gasteiger partial charge in [-0.1, -0.05) is 38.8 Å². The minimum Gasteiger partial charge on any atom is -0.399 e. The molecule has 0 fully saturated rings. The van der Waals surface area contributed by atoms with E-state index in [1.807, 2.05) is 30.4 Å². The first-order valence-electron chi connectivity index (χ1n) is 10.7. The van der Waals surface area contributed by atoms with Crippen molar-refractivity contribution in [3.63, 3.8) is 0 Å². The molecule has 1 aliphatic rings. The summed E-state index contributed by atoms with van der Waals surface area (Å²) in [4.78, 5) is 0. The van der Waals surface area contributed by atoms with E-state index >= 15 is 0 Å². The van der Waals surface area contributed by atoms with Crippen molar-refractivity contribution in [2.24, 2.45) is 5.73 Å². The summed E-state index contributed by atoms with van der Waals surface area (Å²) in [6.07, 6.45) is 14.4. The van der Waals surface area contributed by atoms with Crippen LogP contribution in [0.3, 0.4) is 0 Å². The quantitative estimate of drug-likeness (QED) is 0.347. The van der Waals surface area contributed by atoms with Crippen molar-refractivity contribution in [3.8, 4) is 0 Å². The zero-order valence-corrected chi connectivity index (χ0v) is 17.7. The van der Waals surface area contributed by atoms with E-state index in [0.29, 0.717) is 45.7 Å². The van der Waals surface area contributed by atoms with E-state index in [-0.39, 0.29) is 6.10 Å². The van der Waals surface area contributed by atoms with Gasteiger partial charge in [-0.25, -0.2) is 0 Å². The van der Waals surface area contributed by atoms with Crippen LogP contribution >= 0.6 is 0 Å². The lowest BCUT2D eigenvalue weighted by molar-refractivity contribution is -0.00458. The molecule has 0 aliphatic heterocycles. The number of allylic oxidation sites excluding steroid dienone is 3. The van der Waals surface area contributed by atoms with Crippen molar-refractivity contribution in [3.05, 3.63) is 36.1 Å². The average Bonchev–Trinajstić information content (AvgIpc) is 2.90. The molecule has 1 unspecified atom stereocenters. The van der Waals surface area contributed by atoms with Gasteiger partial charge in [-0.2, -0.15) is 0 Å². The second-order valence-corrected chi connectivity index (χ2v) is 6.81. The van der Waals surface area contributed by atoms with Crippen LogP contribution in [0.15, 0.2) is 36.1 Å². The summed E-state index contributed by atoms with van der Waals surface area (Å²) in [5.74, 6) is 0. The number of hydrogen-bond acceptors (Lipinski definition) is 6. The van der Waals surface area contributed by atoms with Crippen LogP contribution in [0.25, 0.3) is 0 Å². The van der Waals surface area contributed by atoms with E-state index in [9.17, 15) is 0 Å². The second-order valence-electron chi connectivity index (χ2n) is 6.81. The summed E-state index contributed by atoms with van der Waals surface area (Å²) in [7, 11) is 0. The molecular formula is C22H40N2O4. The summed E-state index contributed by atoms with van der Waals surface area (Å²) in [6.45, 7) is 9.52. The average molecular weight is 397 g/mol. The van der Waals surface area contributed by atoms with Crippen LogP contribution in [0.4, 0.5) is 0 Å². The first kappa shape index (κ1) is 24.9. The summed E-state index contributed by atoms with van der Waals surface area (Å²) in [5, 5.41) is 3.57. The molecule has 28 heavy (non-hydrogen) atoms. The number of nitrogens with one attached hydrogen (secondary N) is 1. The Labute approximate surface area is 171 Å². The first-order chi connectivity index (χ1) is 13.8. The fourth-order valence-corrected chi connectivity index (χ4v) is 2.88. The summed E-state index contributed by atoms with van der Waals surface area (Å²) in [5.41, 5.74) is 6.45. The van der Waals surface area contributed by atoms with Gasteiger partial charge in [0.05, 0.1) is 52.4 Å². The largest absolute Gasteiger partial charge is 0.399 e. The van der Waals surface area contributed by atoms with Crippen molar-refractivity contribution in [1.82, 2.24) is 5.32 Å². The van der Waals surface area contributed by atoms with Crippen molar-refractivity contribution in [1.29, 1.82) is 0 Å². The van der Waals surface area contributed by atoms with Gasteiger partial charge < -0.3 is 30.0 Å². The van der Waals surface area contributed by atoms with Gasteiger partial charge in [0.25, 0.3) is 0 Å². The second kappa shape index (κ2) is 17.9. The Morgan fingerprint density at radius 2 is 1.50 bits per heavy atom. The van der Waals surface area contributed by atoms with Gasteiger partial charge in [0.1, 0.15) is 0 Å². The fourth-order valence-electron chi connectivity index (χ4n) is 2.88. The standard InChI is InChI=1S/C22H40N2O4/c1-3-6-21(7-4-2)24-12-13-25-14-15-26-16-17-27-18-19-28-22-9-5-8-20(23)10-11-22/h5,8-11,21-22,24H,3-4,6-7,12-19,23H2,1-2H3. The number of rotatable bonds is 18. The Morgan fingerprint density at radius 1 is 0.893 bits per heavy atom. The minimum absolute atomic E-state index is 0.0528. The van der Waals surface area contributed by atoms with Crippen molar-refractivity contribution < 1.29 is 18.9 Å². The van der Waals surface area contributed by atoms with E-state index in [4.69, 9.17) is 24.7 Å². The number of ether oxygens (including phenoxy) is 4. The third-order valence-corrected chi connectivity index (χ3v) is 4.30. The molecule has 1 atom stereocenters. The zero-order chi connectivity index (χ0) is 20.3. The molecule has 6 heteroatoms. The van der Waals surface area contributed by atoms with E-state index in [1.54, 1.807) is 0 Å². The molecule has 1 aliphatic carbocycles. The molecule has 0 aromatic carbocycles. The Hall–Kier alpha value is -1.18. The van der Waals surface area contributed by atoms with Gasteiger partial charge >= 0.3 is 0 Å². The van der Waals surface area contributed by atoms with Crippen LogP contribution in [0.2, 0.25) is 0 Å². The van der Waals surface area contributed by atoms with Crippen molar-refractivity contribution in [2.45, 2.75) is 51.7 Å². The normalized spacial score (nSPS) is 16.5. The molecule has 0 bridgehead atoms. The lowest BCUT2D eigenvalue weighted by atomic mass is 10.1. The molecule has 0 amide bonds. The summed E-state index contributed by atoms with van der Waals surface area (Å²) in [6, 6.07) is 0.625. The summed E-state index contributed by atoms with van der Waals surface area (Å²) < 4.78 is 22.3. The van der Waals surface area contributed by atoms with Crippen LogP contribution in [0.1, 0.15) is 39.5 Å². The van der Waals surface area contributed by atoms with Crippen LogP contribution < -0.4 is 11.1 Å². The highest BCUT2D eigenvalue weighted by atomic mass is 16.6. The molecule has 1 rings (SSSR count). The molecule has 0 heterocycles. The van der Waals surface area contributed by atoms with Crippen LogP contribution in [0, 0.1) is 0 Å². The van der Waals surface area contributed by atoms with Crippen LogP contribution in [-0.4, -0.2) is 64.9 Å². The van der Waals surface area contributed by atoms with Gasteiger partial charge in [0.2, 0.25) is 0 Å². The Morgan fingerprint density at radius 3 is 2.14 bits per heavy atom. The molecule has 3 N–H and O–H groups in total. The van der Waals surface area contributed by atoms with Crippen LogP contribution in [0.5, 0.6) is 0 Å². The van der Waals surface area contributed by atoms with Crippen LogP contribution in [-0.2, 0) is 18.9 Å². The van der Waals surface area contributed by atoms with Gasteiger partial charge in [0.15, 0.2) is 0 Å². The number of nitrogens with two attached hydrogens (primary N) is 1. The van der Waals surface area contributed by atoms with E-state index < -0.39 is 0 Å². The third kappa shape index (κ3) is 13.9. The van der Waals surface area contributed by atoms with E-state index in [1.165, 1.54) is 25.7 Å². The topological polar surface area (TPSA) is 75.0 Å².